The van der Waals surface area contributed by atoms with Crippen molar-refractivity contribution in [1.29, 1.82) is 0 Å². The summed E-state index contributed by atoms with van der Waals surface area (Å²) in [5.41, 5.74) is 2.34. The number of aromatic nitrogens is 2. The van der Waals surface area contributed by atoms with Gasteiger partial charge in [0.05, 0.1) is 10.9 Å². The minimum absolute atomic E-state index is 0.172. The summed E-state index contributed by atoms with van der Waals surface area (Å²) >= 11 is 7.06. The number of carbonyl (C=O) groups is 1. The fourth-order valence-electron chi connectivity index (χ4n) is 3.70. The molecule has 0 unspecified atom stereocenters. The van der Waals surface area contributed by atoms with Crippen LogP contribution >= 0.6 is 22.9 Å². The Kier molecular flexibility index (Phi) is 6.11. The number of benzene rings is 2. The van der Waals surface area contributed by atoms with Crippen molar-refractivity contribution in [3.63, 3.8) is 0 Å². The molecule has 1 aliphatic rings. The Balaban J connectivity index is 1.57. The predicted octanol–water partition coefficient (Wildman–Crippen LogP) is 4.59. The first-order valence-corrected chi connectivity index (χ1v) is 12.4. The first kappa shape index (κ1) is 21.9. The lowest BCUT2D eigenvalue weighted by Gasteiger charge is -2.22. The van der Waals surface area contributed by atoms with Crippen molar-refractivity contribution in [3.8, 4) is 0 Å². The third kappa shape index (κ3) is 4.64. The Morgan fingerprint density at radius 1 is 1.16 bits per heavy atom. The maximum Gasteiger partial charge on any atom is 0.286 e. The lowest BCUT2D eigenvalue weighted by molar-refractivity contribution is 0.102. The molecule has 0 bridgehead atoms. The summed E-state index contributed by atoms with van der Waals surface area (Å²) in [6, 6.07) is 11.7. The normalized spacial score (nSPS) is 17.1. The Morgan fingerprint density at radius 2 is 1.90 bits per heavy atom. The zero-order valence-electron chi connectivity index (χ0n) is 17.0. The number of carbonyl (C=O) groups excluding carboxylic acids is 1. The summed E-state index contributed by atoms with van der Waals surface area (Å²) in [7, 11) is -3.69. The van der Waals surface area contributed by atoms with Crippen molar-refractivity contribution in [3.05, 3.63) is 68.6 Å². The Bertz CT molecular complexity index is 1220. The number of nitrogens with zero attached hydrogens (tertiary/aromatic N) is 3. The van der Waals surface area contributed by atoms with E-state index in [1.54, 1.807) is 36.4 Å². The second-order valence-electron chi connectivity index (χ2n) is 7.51. The molecule has 10 heteroatoms. The van der Waals surface area contributed by atoms with Gasteiger partial charge in [-0.3, -0.25) is 4.79 Å². The Hall–Kier alpha value is -2.33. The van der Waals surface area contributed by atoms with E-state index in [1.165, 1.54) is 4.31 Å². The van der Waals surface area contributed by atoms with Crippen molar-refractivity contribution in [2.75, 3.05) is 11.9 Å². The number of nitrogens with one attached hydrogen (secondary N) is 1. The molecule has 1 aromatic heterocycles. The van der Waals surface area contributed by atoms with E-state index in [2.05, 4.69) is 15.5 Å². The van der Waals surface area contributed by atoms with Crippen LogP contribution < -0.4 is 5.32 Å². The topological polar surface area (TPSA) is 92.3 Å². The SMILES string of the molecule is Cc1cc(C)cc(S(=O)(=O)N2CCC[C@@H]2c2nnc(C(=O)Nc3cccc(Cl)c3)s2)c1. The molecule has 1 N–H and O–H groups in total. The average molecular weight is 477 g/mol. The van der Waals surface area contributed by atoms with Gasteiger partial charge in [0.1, 0.15) is 5.01 Å². The van der Waals surface area contributed by atoms with Crippen molar-refractivity contribution < 1.29 is 13.2 Å². The van der Waals surface area contributed by atoms with E-state index in [-0.39, 0.29) is 9.90 Å². The highest BCUT2D eigenvalue weighted by molar-refractivity contribution is 7.89. The highest BCUT2D eigenvalue weighted by Crippen LogP contribution is 2.38. The molecule has 1 fully saturated rings. The molecule has 2 aromatic carbocycles. The summed E-state index contributed by atoms with van der Waals surface area (Å²) in [6.45, 7) is 4.16. The summed E-state index contributed by atoms with van der Waals surface area (Å²) in [5.74, 6) is -0.410. The number of anilines is 1. The van der Waals surface area contributed by atoms with Gasteiger partial charge in [-0.05, 0) is 68.1 Å². The van der Waals surface area contributed by atoms with E-state index < -0.39 is 22.0 Å². The number of aryl methyl sites for hydroxylation is 2. The van der Waals surface area contributed by atoms with Crippen LogP contribution in [0.1, 0.15) is 44.8 Å². The van der Waals surface area contributed by atoms with Gasteiger partial charge < -0.3 is 5.32 Å². The molecule has 3 aromatic rings. The summed E-state index contributed by atoms with van der Waals surface area (Å²) < 4.78 is 28.1. The monoisotopic (exact) mass is 476 g/mol. The van der Waals surface area contributed by atoms with Crippen LogP contribution in [0.5, 0.6) is 0 Å². The number of amides is 1. The zero-order valence-corrected chi connectivity index (χ0v) is 19.4. The van der Waals surface area contributed by atoms with Gasteiger partial charge in [0.2, 0.25) is 15.0 Å². The van der Waals surface area contributed by atoms with Gasteiger partial charge in [0.25, 0.3) is 5.91 Å². The summed E-state index contributed by atoms with van der Waals surface area (Å²) in [4.78, 5) is 12.8. The van der Waals surface area contributed by atoms with Crippen molar-refractivity contribution in [2.45, 2.75) is 37.6 Å². The van der Waals surface area contributed by atoms with Crippen LogP contribution in [0.3, 0.4) is 0 Å². The van der Waals surface area contributed by atoms with E-state index in [4.69, 9.17) is 11.6 Å². The molecule has 7 nitrogen and oxygen atoms in total. The van der Waals surface area contributed by atoms with Gasteiger partial charge in [-0.2, -0.15) is 4.31 Å². The molecular weight excluding hydrogens is 456 g/mol. The van der Waals surface area contributed by atoms with Crippen molar-refractivity contribution >= 4 is 44.6 Å². The fourth-order valence-corrected chi connectivity index (χ4v) is 6.70. The molecule has 1 aliphatic heterocycles. The summed E-state index contributed by atoms with van der Waals surface area (Å²) in [5, 5.41) is 12.1. The molecule has 0 radical (unpaired) electrons. The van der Waals surface area contributed by atoms with Crippen molar-refractivity contribution in [1.82, 2.24) is 14.5 Å². The molecule has 31 heavy (non-hydrogen) atoms. The standard InChI is InChI=1S/C21H21ClN4O3S2/c1-13-9-14(2)11-17(10-13)31(28,29)26-8-4-7-18(26)20-24-25-21(30-20)19(27)23-16-6-3-5-15(22)12-16/h3,5-6,9-12,18H,4,7-8H2,1-2H3,(H,23,27)/t18-/m1/s1. The Labute approximate surface area is 190 Å². The average Bonchev–Trinajstić information content (AvgIpc) is 3.37. The fraction of sp³-hybridized carbons (Fsp3) is 0.286. The van der Waals surface area contributed by atoms with Gasteiger partial charge >= 0.3 is 0 Å². The van der Waals surface area contributed by atoms with Crippen LogP contribution in [0, 0.1) is 13.8 Å². The van der Waals surface area contributed by atoms with Crippen LogP contribution in [-0.4, -0.2) is 35.4 Å². The van der Waals surface area contributed by atoms with Crippen LogP contribution in [-0.2, 0) is 10.0 Å². The van der Waals surface area contributed by atoms with E-state index in [0.717, 1.165) is 28.9 Å². The van der Waals surface area contributed by atoms with Gasteiger partial charge in [0.15, 0.2) is 0 Å². The number of hydrogen-bond acceptors (Lipinski definition) is 6. The number of hydrogen-bond donors (Lipinski definition) is 1. The van der Waals surface area contributed by atoms with E-state index in [9.17, 15) is 13.2 Å². The maximum atomic E-state index is 13.3. The molecule has 1 amide bonds. The van der Waals surface area contributed by atoms with Gasteiger partial charge in [-0.1, -0.05) is 35.1 Å². The molecule has 0 spiro atoms. The second kappa shape index (κ2) is 8.66. The molecule has 1 atom stereocenters. The smallest absolute Gasteiger partial charge is 0.286 e. The zero-order chi connectivity index (χ0) is 22.2. The third-order valence-corrected chi connectivity index (χ3v) is 8.15. The quantitative estimate of drug-likeness (QED) is 0.581. The highest BCUT2D eigenvalue weighted by Gasteiger charge is 2.38. The minimum atomic E-state index is -3.69. The third-order valence-electron chi connectivity index (χ3n) is 5.01. The van der Waals surface area contributed by atoms with Crippen LogP contribution in [0.25, 0.3) is 0 Å². The molecule has 1 saturated heterocycles. The van der Waals surface area contributed by atoms with Crippen molar-refractivity contribution in [2.24, 2.45) is 0 Å². The number of halogens is 1. The molecule has 4 rings (SSSR count). The summed E-state index contributed by atoms with van der Waals surface area (Å²) in [6.07, 6.45) is 1.35. The molecule has 0 saturated carbocycles. The highest BCUT2D eigenvalue weighted by atomic mass is 35.5. The lowest BCUT2D eigenvalue weighted by atomic mass is 10.2. The van der Waals surface area contributed by atoms with Crippen LogP contribution in [0.4, 0.5) is 5.69 Å². The maximum absolute atomic E-state index is 13.3. The van der Waals surface area contributed by atoms with E-state index >= 15 is 0 Å². The van der Waals surface area contributed by atoms with Crippen LogP contribution in [0.15, 0.2) is 47.4 Å². The largest absolute Gasteiger partial charge is 0.320 e. The number of sulfonamides is 1. The number of rotatable bonds is 5. The van der Waals surface area contributed by atoms with Gasteiger partial charge in [-0.25, -0.2) is 8.42 Å². The van der Waals surface area contributed by atoms with Gasteiger partial charge in [-0.15, -0.1) is 10.2 Å². The van der Waals surface area contributed by atoms with Crippen LogP contribution in [0.2, 0.25) is 5.02 Å². The van der Waals surface area contributed by atoms with E-state index in [0.29, 0.717) is 28.7 Å². The first-order valence-electron chi connectivity index (χ1n) is 9.74. The molecule has 162 valence electrons. The lowest BCUT2D eigenvalue weighted by Crippen LogP contribution is -2.30. The van der Waals surface area contributed by atoms with Gasteiger partial charge in [0, 0.05) is 17.3 Å². The van der Waals surface area contributed by atoms with E-state index in [1.807, 2.05) is 19.9 Å². The molecule has 0 aliphatic carbocycles. The minimum Gasteiger partial charge on any atom is -0.320 e. The molecule has 2 heterocycles. The molecular formula is C21H21ClN4O3S2. The predicted molar refractivity (Wildman–Crippen MR) is 121 cm³/mol. The Morgan fingerprint density at radius 3 is 2.61 bits per heavy atom. The first-order chi connectivity index (χ1) is 14.7. The second-order valence-corrected chi connectivity index (χ2v) is 10.8.